The van der Waals surface area contributed by atoms with E-state index in [1.54, 1.807) is 6.08 Å². The first-order chi connectivity index (χ1) is 18.9. The van der Waals surface area contributed by atoms with Crippen molar-refractivity contribution in [2.45, 2.75) is 57.8 Å². The quantitative estimate of drug-likeness (QED) is 0.0925. The molecule has 0 radical (unpaired) electrons. The second-order valence-electron chi connectivity index (χ2n) is 10.3. The Kier molecular flexibility index (Phi) is 9.14. The number of aromatic nitrogens is 1. The molecule has 0 spiro atoms. The van der Waals surface area contributed by atoms with Gasteiger partial charge in [-0.3, -0.25) is 4.79 Å². The van der Waals surface area contributed by atoms with E-state index in [9.17, 15) is 18.0 Å². The molecule has 1 N–H and O–H groups in total. The molecule has 3 aromatic rings. The number of halogens is 5. The number of nitrogens with zero attached hydrogens (tertiary/aromatic N) is 1. The second-order valence-corrected chi connectivity index (χ2v) is 11.1. The molecule has 4 rings (SSSR count). The van der Waals surface area contributed by atoms with Gasteiger partial charge in [-0.25, -0.2) is 8.78 Å². The Morgan fingerprint density at radius 2 is 1.82 bits per heavy atom. The number of hydrogen-bond acceptors (Lipinski definition) is 4. The van der Waals surface area contributed by atoms with E-state index in [2.05, 4.69) is 37.3 Å². The van der Waals surface area contributed by atoms with Crippen LogP contribution in [0.2, 0.25) is 0 Å². The highest BCUT2D eigenvalue weighted by molar-refractivity contribution is 9.09. The summed E-state index contributed by atoms with van der Waals surface area (Å²) < 4.78 is 72.6. The van der Waals surface area contributed by atoms with E-state index in [-0.39, 0.29) is 17.0 Å². The first-order valence-corrected chi connectivity index (χ1v) is 14.0. The zero-order valence-electron chi connectivity index (χ0n) is 22.3. The van der Waals surface area contributed by atoms with Gasteiger partial charge in [-0.15, -0.1) is 15.4 Å². The molecule has 216 valence electrons. The summed E-state index contributed by atoms with van der Waals surface area (Å²) in [7, 11) is 0. The number of nitrogens with one attached hydrogen (secondary N) is 1. The van der Waals surface area contributed by atoms with Crippen LogP contribution in [0.3, 0.4) is 0 Å². The first-order valence-electron chi connectivity index (χ1n) is 12.9. The van der Waals surface area contributed by atoms with E-state index in [1.165, 1.54) is 12.1 Å². The Morgan fingerprint density at radius 1 is 1.10 bits per heavy atom. The van der Waals surface area contributed by atoms with Crippen molar-refractivity contribution in [3.05, 3.63) is 65.9 Å². The summed E-state index contributed by atoms with van der Waals surface area (Å²) in [6.45, 7) is 9.49. The van der Waals surface area contributed by atoms with Gasteiger partial charge in [0, 0.05) is 52.7 Å². The van der Waals surface area contributed by atoms with Gasteiger partial charge in [0.2, 0.25) is 5.91 Å². The van der Waals surface area contributed by atoms with Gasteiger partial charge in [-0.05, 0) is 31.0 Å². The normalized spacial score (nSPS) is 14.1. The van der Waals surface area contributed by atoms with Crippen molar-refractivity contribution in [2.75, 3.05) is 23.9 Å². The minimum Gasteiger partial charge on any atom is -0.395 e. The average Bonchev–Trinajstić information content (AvgIpc) is 3.37. The van der Waals surface area contributed by atoms with E-state index in [0.29, 0.717) is 30.7 Å². The van der Waals surface area contributed by atoms with Crippen molar-refractivity contribution in [3.63, 3.8) is 0 Å². The molecule has 0 unspecified atom stereocenters. The number of carbonyl (C=O) groups is 1. The topological polar surface area (TPSA) is 61.7 Å². The molecule has 1 aromatic heterocycles. The van der Waals surface area contributed by atoms with E-state index in [0.717, 1.165) is 42.4 Å². The van der Waals surface area contributed by atoms with Gasteiger partial charge in [0.15, 0.2) is 11.5 Å². The SMILES string of the molecule is C=CCn1c(C(C)(C)COCCCCCBr)cc2cc(NC(=O)Cc3cc4c(cc3F)OC(F)(F)O4)c(F)cc21. The summed E-state index contributed by atoms with van der Waals surface area (Å²) in [5, 5.41) is 4.12. The van der Waals surface area contributed by atoms with Crippen LogP contribution >= 0.6 is 15.9 Å². The zero-order valence-corrected chi connectivity index (χ0v) is 23.9. The number of amides is 1. The van der Waals surface area contributed by atoms with Crippen LogP contribution in [0.4, 0.5) is 23.2 Å². The lowest BCUT2D eigenvalue weighted by molar-refractivity contribution is -0.286. The maximum atomic E-state index is 15.2. The molecule has 1 aliphatic heterocycles. The molecular formula is C29H31BrF4N2O4. The average molecular weight is 627 g/mol. The summed E-state index contributed by atoms with van der Waals surface area (Å²) in [6, 6.07) is 6.47. The van der Waals surface area contributed by atoms with Crippen molar-refractivity contribution in [1.82, 2.24) is 4.57 Å². The molecule has 0 aliphatic carbocycles. The predicted octanol–water partition coefficient (Wildman–Crippen LogP) is 7.47. The van der Waals surface area contributed by atoms with Gasteiger partial charge < -0.3 is 24.1 Å². The van der Waals surface area contributed by atoms with Gasteiger partial charge in [-0.2, -0.15) is 0 Å². The summed E-state index contributed by atoms with van der Waals surface area (Å²) >= 11 is 3.43. The van der Waals surface area contributed by atoms with Gasteiger partial charge in [0.05, 0.1) is 24.2 Å². The number of ether oxygens (including phenoxy) is 3. The van der Waals surface area contributed by atoms with Crippen LogP contribution in [0.15, 0.2) is 43.0 Å². The number of benzene rings is 2. The highest BCUT2D eigenvalue weighted by Gasteiger charge is 2.44. The summed E-state index contributed by atoms with van der Waals surface area (Å²) in [5.41, 5.74) is 0.856. The lowest BCUT2D eigenvalue weighted by Gasteiger charge is -2.26. The molecule has 40 heavy (non-hydrogen) atoms. The molecule has 2 heterocycles. The van der Waals surface area contributed by atoms with Gasteiger partial charge in [0.25, 0.3) is 0 Å². The fraction of sp³-hybridized carbons (Fsp3) is 0.414. The smallest absolute Gasteiger partial charge is 0.395 e. The van der Waals surface area contributed by atoms with Crippen LogP contribution in [0.25, 0.3) is 10.9 Å². The number of unbranched alkanes of at least 4 members (excludes halogenated alkanes) is 2. The number of hydrogen-bond donors (Lipinski definition) is 1. The Bertz CT molecular complexity index is 1410. The minimum absolute atomic E-state index is 0.0895. The standard InChI is InChI=1S/C29H31BrF4N2O4/c1-4-9-36-23-15-21(32)22(11-19(23)13-26(36)28(2,3)17-38-10-7-5-6-8-30)35-27(37)14-18-12-24-25(16-20(18)31)40-29(33,34)39-24/h4,11-13,15-16H,1,5-10,14,17H2,2-3H3,(H,35,37). The Hall–Kier alpha value is -3.05. The van der Waals surface area contributed by atoms with Crippen molar-refractivity contribution in [3.8, 4) is 11.5 Å². The molecule has 0 fully saturated rings. The van der Waals surface area contributed by atoms with Crippen molar-refractivity contribution >= 4 is 38.4 Å². The summed E-state index contributed by atoms with van der Waals surface area (Å²) in [4.78, 5) is 12.7. The zero-order chi connectivity index (χ0) is 29.1. The minimum atomic E-state index is -3.91. The van der Waals surface area contributed by atoms with E-state index in [1.807, 2.05) is 24.5 Å². The highest BCUT2D eigenvalue weighted by atomic mass is 79.9. The van der Waals surface area contributed by atoms with E-state index >= 15 is 4.39 Å². The van der Waals surface area contributed by atoms with Gasteiger partial charge in [0.1, 0.15) is 11.6 Å². The molecule has 6 nitrogen and oxygen atoms in total. The molecule has 1 aliphatic rings. The van der Waals surface area contributed by atoms with E-state index < -0.39 is 41.4 Å². The molecule has 0 bridgehead atoms. The fourth-order valence-corrected chi connectivity index (χ4v) is 5.06. The maximum absolute atomic E-state index is 15.2. The third kappa shape index (κ3) is 6.80. The summed E-state index contributed by atoms with van der Waals surface area (Å²) in [6.07, 6.45) is 0.414. The van der Waals surface area contributed by atoms with Crippen molar-refractivity contribution < 1.29 is 36.6 Å². The largest absolute Gasteiger partial charge is 0.586 e. The Labute approximate surface area is 238 Å². The van der Waals surface area contributed by atoms with Crippen LogP contribution in [0, 0.1) is 11.6 Å². The van der Waals surface area contributed by atoms with Gasteiger partial charge >= 0.3 is 6.29 Å². The second kappa shape index (κ2) is 12.2. The van der Waals surface area contributed by atoms with Crippen molar-refractivity contribution in [2.24, 2.45) is 0 Å². The van der Waals surface area contributed by atoms with Gasteiger partial charge in [-0.1, -0.05) is 42.3 Å². The number of carbonyl (C=O) groups excluding carboxylic acids is 1. The molecule has 0 saturated carbocycles. The monoisotopic (exact) mass is 626 g/mol. The van der Waals surface area contributed by atoms with E-state index in [4.69, 9.17) is 4.74 Å². The first kappa shape index (κ1) is 29.9. The fourth-order valence-electron chi connectivity index (χ4n) is 4.66. The van der Waals surface area contributed by atoms with Crippen LogP contribution < -0.4 is 14.8 Å². The Balaban J connectivity index is 1.52. The number of rotatable bonds is 13. The van der Waals surface area contributed by atoms with Crippen LogP contribution in [0.5, 0.6) is 11.5 Å². The van der Waals surface area contributed by atoms with Crippen molar-refractivity contribution in [1.29, 1.82) is 0 Å². The summed E-state index contributed by atoms with van der Waals surface area (Å²) in [5.74, 6) is -3.19. The number of fused-ring (bicyclic) bond motifs is 2. The Morgan fingerprint density at radius 3 is 2.52 bits per heavy atom. The molecular weight excluding hydrogens is 596 g/mol. The van der Waals surface area contributed by atoms with Crippen LogP contribution in [0.1, 0.15) is 44.4 Å². The third-order valence-electron chi connectivity index (χ3n) is 6.58. The number of allylic oxidation sites excluding steroid dienone is 1. The van der Waals surface area contributed by atoms with Crippen LogP contribution in [-0.4, -0.2) is 35.3 Å². The molecule has 0 atom stereocenters. The number of anilines is 1. The predicted molar refractivity (Wildman–Crippen MR) is 149 cm³/mol. The molecule has 1 amide bonds. The third-order valence-corrected chi connectivity index (χ3v) is 7.14. The lowest BCUT2D eigenvalue weighted by atomic mass is 9.90. The molecule has 0 saturated heterocycles. The lowest BCUT2D eigenvalue weighted by Crippen LogP contribution is -2.28. The molecule has 11 heteroatoms. The maximum Gasteiger partial charge on any atom is 0.586 e. The highest BCUT2D eigenvalue weighted by Crippen LogP contribution is 2.42. The number of alkyl halides is 3. The molecule has 2 aromatic carbocycles. The van der Waals surface area contributed by atoms with Crippen LogP contribution in [-0.2, 0) is 27.9 Å².